The van der Waals surface area contributed by atoms with Gasteiger partial charge in [-0.2, -0.15) is 0 Å². The number of methoxy groups -OCH3 is 1. The number of aryl methyl sites for hydroxylation is 1. The number of carbonyl (C=O) groups excluding carboxylic acids is 1. The number of amides is 1. The molecule has 0 aliphatic heterocycles. The normalized spacial score (nSPS) is 17.3. The van der Waals surface area contributed by atoms with Crippen LogP contribution >= 0.6 is 0 Å². The third-order valence-corrected chi connectivity index (χ3v) is 4.97. The highest BCUT2D eigenvalue weighted by molar-refractivity contribution is 5.77. The number of rotatable bonds is 6. The van der Waals surface area contributed by atoms with Gasteiger partial charge >= 0.3 is 0 Å². The number of nitrogens with one attached hydrogen (secondary N) is 1. The predicted molar refractivity (Wildman–Crippen MR) is 97.7 cm³/mol. The summed E-state index contributed by atoms with van der Waals surface area (Å²) in [5.74, 6) is 0.598. The van der Waals surface area contributed by atoms with Crippen LogP contribution in [0.1, 0.15) is 48.0 Å². The maximum atomic E-state index is 12.9. The molecular formula is C21H24FNO3. The first-order valence-corrected chi connectivity index (χ1v) is 8.94. The molecule has 5 heteroatoms. The summed E-state index contributed by atoms with van der Waals surface area (Å²) in [6, 6.07) is 11.7. The van der Waals surface area contributed by atoms with Gasteiger partial charge < -0.3 is 15.2 Å². The topological polar surface area (TPSA) is 58.6 Å². The number of aliphatic hydroxyl groups is 1. The van der Waals surface area contributed by atoms with Crippen molar-refractivity contribution in [2.75, 3.05) is 13.7 Å². The Morgan fingerprint density at radius 3 is 2.81 bits per heavy atom. The third-order valence-electron chi connectivity index (χ3n) is 4.97. The third kappa shape index (κ3) is 4.41. The van der Waals surface area contributed by atoms with Crippen LogP contribution in [0, 0.1) is 5.82 Å². The van der Waals surface area contributed by atoms with E-state index < -0.39 is 6.10 Å². The fraction of sp³-hybridized carbons (Fsp3) is 0.381. The van der Waals surface area contributed by atoms with E-state index in [0.29, 0.717) is 12.0 Å². The van der Waals surface area contributed by atoms with Crippen molar-refractivity contribution in [3.05, 3.63) is 65.0 Å². The fourth-order valence-electron chi connectivity index (χ4n) is 3.54. The minimum atomic E-state index is -0.845. The standard InChI is InChI=1S/C21H24FNO3/c1-26-18-9-10-19-15(11-18)3-2-4-16(19)12-21(25)23-13-20(24)14-5-7-17(22)8-6-14/h5-11,16,20,24H,2-4,12-13H2,1H3,(H,23,25)/t16-,20+/m1/s1. The van der Waals surface area contributed by atoms with Crippen LogP contribution in [-0.4, -0.2) is 24.7 Å². The average molecular weight is 357 g/mol. The van der Waals surface area contributed by atoms with Gasteiger partial charge in [-0.05, 0) is 66.1 Å². The van der Waals surface area contributed by atoms with E-state index in [2.05, 4.69) is 17.4 Å². The second-order valence-electron chi connectivity index (χ2n) is 6.73. The maximum absolute atomic E-state index is 12.9. The molecule has 0 spiro atoms. The number of ether oxygens (including phenoxy) is 1. The highest BCUT2D eigenvalue weighted by atomic mass is 19.1. The minimum Gasteiger partial charge on any atom is -0.497 e. The van der Waals surface area contributed by atoms with Gasteiger partial charge in [0.05, 0.1) is 13.2 Å². The van der Waals surface area contributed by atoms with E-state index >= 15 is 0 Å². The number of fused-ring (bicyclic) bond motifs is 1. The molecule has 2 aromatic rings. The molecule has 0 radical (unpaired) electrons. The molecule has 0 aromatic heterocycles. The Morgan fingerprint density at radius 1 is 1.31 bits per heavy atom. The Morgan fingerprint density at radius 2 is 2.08 bits per heavy atom. The lowest BCUT2D eigenvalue weighted by molar-refractivity contribution is -0.122. The van der Waals surface area contributed by atoms with E-state index in [-0.39, 0.29) is 24.2 Å². The van der Waals surface area contributed by atoms with Crippen LogP contribution in [0.15, 0.2) is 42.5 Å². The van der Waals surface area contributed by atoms with Gasteiger partial charge in [0.25, 0.3) is 0 Å². The molecule has 0 saturated heterocycles. The molecule has 4 nitrogen and oxygen atoms in total. The van der Waals surface area contributed by atoms with Crippen molar-refractivity contribution in [3.8, 4) is 5.75 Å². The van der Waals surface area contributed by atoms with Crippen LogP contribution in [0.3, 0.4) is 0 Å². The van der Waals surface area contributed by atoms with Crippen molar-refractivity contribution in [2.45, 2.75) is 37.7 Å². The molecule has 138 valence electrons. The lowest BCUT2D eigenvalue weighted by Crippen LogP contribution is -2.30. The van der Waals surface area contributed by atoms with Crippen LogP contribution in [-0.2, 0) is 11.2 Å². The number of aliphatic hydroxyl groups excluding tert-OH is 1. The van der Waals surface area contributed by atoms with E-state index in [1.165, 1.54) is 35.4 Å². The smallest absolute Gasteiger partial charge is 0.220 e. The zero-order valence-corrected chi connectivity index (χ0v) is 14.9. The molecule has 1 aliphatic carbocycles. The largest absolute Gasteiger partial charge is 0.497 e. The molecule has 0 unspecified atom stereocenters. The van der Waals surface area contributed by atoms with Gasteiger partial charge in [0, 0.05) is 13.0 Å². The second-order valence-corrected chi connectivity index (χ2v) is 6.73. The number of benzene rings is 2. The molecule has 0 heterocycles. The van der Waals surface area contributed by atoms with E-state index in [1.54, 1.807) is 7.11 Å². The first-order chi connectivity index (χ1) is 12.6. The lowest BCUT2D eigenvalue weighted by Gasteiger charge is -2.25. The number of hydrogen-bond acceptors (Lipinski definition) is 3. The Bertz CT molecular complexity index is 760. The Hall–Kier alpha value is -2.40. The molecule has 3 rings (SSSR count). The molecule has 0 saturated carbocycles. The van der Waals surface area contributed by atoms with Crippen molar-refractivity contribution in [2.24, 2.45) is 0 Å². The highest BCUT2D eigenvalue weighted by Gasteiger charge is 2.23. The predicted octanol–water partition coefficient (Wildman–Crippen LogP) is 3.49. The molecular weight excluding hydrogens is 333 g/mol. The van der Waals surface area contributed by atoms with E-state index in [0.717, 1.165) is 25.0 Å². The molecule has 1 amide bonds. The van der Waals surface area contributed by atoms with Crippen molar-refractivity contribution in [1.29, 1.82) is 0 Å². The summed E-state index contributed by atoms with van der Waals surface area (Å²) in [6.07, 6.45) is 2.59. The van der Waals surface area contributed by atoms with Crippen molar-refractivity contribution >= 4 is 5.91 Å². The van der Waals surface area contributed by atoms with Crippen LogP contribution < -0.4 is 10.1 Å². The highest BCUT2D eigenvalue weighted by Crippen LogP contribution is 2.35. The van der Waals surface area contributed by atoms with Gasteiger partial charge in [0.2, 0.25) is 5.91 Å². The molecule has 2 aromatic carbocycles. The van der Waals surface area contributed by atoms with Gasteiger partial charge in [0.1, 0.15) is 11.6 Å². The summed E-state index contributed by atoms with van der Waals surface area (Å²) in [5.41, 5.74) is 3.05. The summed E-state index contributed by atoms with van der Waals surface area (Å²) >= 11 is 0. The molecule has 26 heavy (non-hydrogen) atoms. The van der Waals surface area contributed by atoms with E-state index in [9.17, 15) is 14.3 Å². The second kappa shape index (κ2) is 8.32. The molecule has 1 aliphatic rings. The molecule has 2 N–H and O–H groups in total. The van der Waals surface area contributed by atoms with Crippen LogP contribution in [0.2, 0.25) is 0 Å². The van der Waals surface area contributed by atoms with Gasteiger partial charge in [0.15, 0.2) is 0 Å². The van der Waals surface area contributed by atoms with Crippen molar-refractivity contribution in [3.63, 3.8) is 0 Å². The summed E-state index contributed by atoms with van der Waals surface area (Å²) in [5, 5.41) is 12.9. The first-order valence-electron chi connectivity index (χ1n) is 8.94. The number of hydrogen-bond donors (Lipinski definition) is 2. The van der Waals surface area contributed by atoms with Gasteiger partial charge in [-0.25, -0.2) is 4.39 Å². The summed E-state index contributed by atoms with van der Waals surface area (Å²) in [4.78, 5) is 12.3. The van der Waals surface area contributed by atoms with Gasteiger partial charge in [-0.1, -0.05) is 18.2 Å². The average Bonchev–Trinajstić information content (AvgIpc) is 2.66. The van der Waals surface area contributed by atoms with Crippen molar-refractivity contribution < 1.29 is 19.0 Å². The quantitative estimate of drug-likeness (QED) is 0.832. The SMILES string of the molecule is COc1ccc2c(c1)CCC[C@@H]2CC(=O)NC[C@H](O)c1ccc(F)cc1. The van der Waals surface area contributed by atoms with Crippen LogP contribution in [0.25, 0.3) is 0 Å². The van der Waals surface area contributed by atoms with Gasteiger partial charge in [-0.3, -0.25) is 4.79 Å². The van der Waals surface area contributed by atoms with Gasteiger partial charge in [-0.15, -0.1) is 0 Å². The zero-order chi connectivity index (χ0) is 18.5. The monoisotopic (exact) mass is 357 g/mol. The number of carbonyl (C=O) groups is 1. The zero-order valence-electron chi connectivity index (χ0n) is 14.9. The first kappa shape index (κ1) is 18.4. The van der Waals surface area contributed by atoms with E-state index in [1.807, 2.05) is 6.07 Å². The summed E-state index contributed by atoms with van der Waals surface area (Å²) in [7, 11) is 1.65. The molecule has 0 fully saturated rings. The minimum absolute atomic E-state index is 0.0835. The Labute approximate surface area is 153 Å². The van der Waals surface area contributed by atoms with Crippen molar-refractivity contribution in [1.82, 2.24) is 5.32 Å². The molecule has 0 bridgehead atoms. The Balaban J connectivity index is 1.56. The molecule has 2 atom stereocenters. The summed E-state index contributed by atoms with van der Waals surface area (Å²) in [6.45, 7) is 0.118. The number of halogens is 1. The van der Waals surface area contributed by atoms with Crippen LogP contribution in [0.5, 0.6) is 5.75 Å². The maximum Gasteiger partial charge on any atom is 0.220 e. The lowest BCUT2D eigenvalue weighted by atomic mass is 9.81. The van der Waals surface area contributed by atoms with E-state index in [4.69, 9.17) is 4.74 Å². The Kier molecular flexibility index (Phi) is 5.89. The van der Waals surface area contributed by atoms with Crippen LogP contribution in [0.4, 0.5) is 4.39 Å². The fourth-order valence-corrected chi connectivity index (χ4v) is 3.54. The summed E-state index contributed by atoms with van der Waals surface area (Å²) < 4.78 is 18.2.